The van der Waals surface area contributed by atoms with E-state index in [4.69, 9.17) is 10.7 Å². The molecular weight excluding hydrogens is 364 g/mol. The number of benzene rings is 2. The maximum absolute atomic E-state index is 10.7. The van der Waals surface area contributed by atoms with Crippen LogP contribution in [0, 0.1) is 0 Å². The first-order valence-corrected chi connectivity index (χ1v) is 9.54. The van der Waals surface area contributed by atoms with Gasteiger partial charge in [-0.2, -0.15) is 4.98 Å². The molecule has 4 N–H and O–H groups in total. The van der Waals surface area contributed by atoms with Crippen LogP contribution in [0.4, 0.5) is 5.95 Å². The van der Waals surface area contributed by atoms with Gasteiger partial charge >= 0.3 is 0 Å². The molecule has 0 spiro atoms. The van der Waals surface area contributed by atoms with Crippen molar-refractivity contribution in [3.05, 3.63) is 72.2 Å². The average molecular weight is 384 g/mol. The van der Waals surface area contributed by atoms with Gasteiger partial charge in [-0.25, -0.2) is 15.0 Å². The van der Waals surface area contributed by atoms with E-state index >= 15 is 0 Å². The Hall–Kier alpha value is -3.58. The molecule has 0 unspecified atom stereocenters. The van der Waals surface area contributed by atoms with E-state index in [-0.39, 0.29) is 23.7 Å². The number of nitrogens with zero attached hydrogens (tertiary/aromatic N) is 4. The molecule has 4 aromatic rings. The van der Waals surface area contributed by atoms with Crippen molar-refractivity contribution < 1.29 is 5.11 Å². The summed E-state index contributed by atoms with van der Waals surface area (Å²) >= 11 is 0. The fourth-order valence-corrected chi connectivity index (χ4v) is 3.99. The molecule has 0 radical (unpaired) electrons. The molecule has 1 aliphatic rings. The number of aromatic nitrogens is 4. The molecular formula is C22H20N6O. The largest absolute Gasteiger partial charge is 0.493 e. The predicted molar refractivity (Wildman–Crippen MR) is 111 cm³/mol. The van der Waals surface area contributed by atoms with E-state index in [0.29, 0.717) is 22.4 Å². The summed E-state index contributed by atoms with van der Waals surface area (Å²) in [5.74, 6) is 1.23. The van der Waals surface area contributed by atoms with Crippen LogP contribution in [-0.2, 0) is 0 Å². The van der Waals surface area contributed by atoms with E-state index in [1.54, 1.807) is 12.3 Å². The van der Waals surface area contributed by atoms with Crippen LogP contribution >= 0.6 is 0 Å². The molecule has 1 saturated heterocycles. The molecule has 1 fully saturated rings. The van der Waals surface area contributed by atoms with E-state index in [1.807, 2.05) is 36.4 Å². The van der Waals surface area contributed by atoms with Gasteiger partial charge in [-0.3, -0.25) is 0 Å². The maximum atomic E-state index is 10.7. The molecule has 5 rings (SSSR count). The SMILES string of the molecule is Nc1nccc(-c2ccc3nc([C@@H]4CNC[C@H]4c4ccccc4)nc(O)c3c2)n1. The summed E-state index contributed by atoms with van der Waals surface area (Å²) in [7, 11) is 0. The van der Waals surface area contributed by atoms with Crippen LogP contribution in [0.3, 0.4) is 0 Å². The van der Waals surface area contributed by atoms with Crippen LogP contribution < -0.4 is 11.1 Å². The molecule has 29 heavy (non-hydrogen) atoms. The summed E-state index contributed by atoms with van der Waals surface area (Å²) in [5, 5.41) is 14.7. The Morgan fingerprint density at radius 3 is 2.59 bits per heavy atom. The van der Waals surface area contributed by atoms with Crippen LogP contribution in [0.15, 0.2) is 60.8 Å². The third-order valence-electron chi connectivity index (χ3n) is 5.44. The van der Waals surface area contributed by atoms with Gasteiger partial charge in [-0.05, 0) is 23.8 Å². The zero-order valence-electron chi connectivity index (χ0n) is 15.7. The molecule has 0 saturated carbocycles. The van der Waals surface area contributed by atoms with Crippen molar-refractivity contribution >= 4 is 16.9 Å². The first-order valence-electron chi connectivity index (χ1n) is 9.54. The summed E-state index contributed by atoms with van der Waals surface area (Å²) in [5.41, 5.74) is 9.15. The second-order valence-electron chi connectivity index (χ2n) is 7.22. The number of nitrogen functional groups attached to an aromatic ring is 1. The number of fused-ring (bicyclic) bond motifs is 1. The fraction of sp³-hybridized carbons (Fsp3) is 0.182. The van der Waals surface area contributed by atoms with Crippen LogP contribution in [0.25, 0.3) is 22.2 Å². The third-order valence-corrected chi connectivity index (χ3v) is 5.44. The Morgan fingerprint density at radius 2 is 1.76 bits per heavy atom. The maximum Gasteiger partial charge on any atom is 0.222 e. The lowest BCUT2D eigenvalue weighted by atomic mass is 9.88. The quantitative estimate of drug-likeness (QED) is 0.498. The van der Waals surface area contributed by atoms with Gasteiger partial charge in [0.15, 0.2) is 0 Å². The van der Waals surface area contributed by atoms with Gasteiger partial charge < -0.3 is 16.2 Å². The number of rotatable bonds is 3. The standard InChI is InChI=1S/C22H20N6O/c23-22-25-9-8-18(27-22)14-6-7-19-15(10-14)21(29)28-20(26-19)17-12-24-11-16(17)13-4-2-1-3-5-13/h1-10,16-17,24H,11-12H2,(H2,23,25,27)(H,26,28,29)/t16-,17+/m0/s1. The molecule has 2 aromatic heterocycles. The minimum atomic E-state index is -0.0208. The van der Waals surface area contributed by atoms with Crippen LogP contribution in [0.5, 0.6) is 5.88 Å². The highest BCUT2D eigenvalue weighted by Crippen LogP contribution is 2.36. The van der Waals surface area contributed by atoms with Gasteiger partial charge in [0.1, 0.15) is 5.82 Å². The summed E-state index contributed by atoms with van der Waals surface area (Å²) in [6, 6.07) is 17.8. The van der Waals surface area contributed by atoms with E-state index in [1.165, 1.54) is 5.56 Å². The Labute approximate surface area is 167 Å². The number of nitrogens with one attached hydrogen (secondary N) is 1. The summed E-state index contributed by atoms with van der Waals surface area (Å²) in [6.07, 6.45) is 1.61. The van der Waals surface area contributed by atoms with Gasteiger partial charge in [0.2, 0.25) is 11.8 Å². The van der Waals surface area contributed by atoms with Crippen molar-refractivity contribution in [2.24, 2.45) is 0 Å². The molecule has 3 heterocycles. The minimum absolute atomic E-state index is 0.0208. The Bertz CT molecular complexity index is 1180. The molecule has 7 nitrogen and oxygen atoms in total. The van der Waals surface area contributed by atoms with Crippen molar-refractivity contribution in [3.63, 3.8) is 0 Å². The number of anilines is 1. The lowest BCUT2D eigenvalue weighted by Gasteiger charge is -2.18. The molecule has 2 aromatic carbocycles. The Kier molecular flexibility index (Phi) is 4.29. The smallest absolute Gasteiger partial charge is 0.222 e. The zero-order valence-corrected chi connectivity index (χ0v) is 15.7. The van der Waals surface area contributed by atoms with Crippen molar-refractivity contribution in [1.82, 2.24) is 25.3 Å². The van der Waals surface area contributed by atoms with E-state index < -0.39 is 0 Å². The molecule has 0 bridgehead atoms. The van der Waals surface area contributed by atoms with Crippen molar-refractivity contribution in [2.75, 3.05) is 18.8 Å². The normalized spacial score (nSPS) is 18.9. The van der Waals surface area contributed by atoms with E-state index in [9.17, 15) is 5.11 Å². The number of nitrogens with two attached hydrogens (primary N) is 1. The minimum Gasteiger partial charge on any atom is -0.493 e. The van der Waals surface area contributed by atoms with Gasteiger partial charge in [-0.15, -0.1) is 0 Å². The second kappa shape index (κ2) is 7.10. The van der Waals surface area contributed by atoms with Gasteiger partial charge in [-0.1, -0.05) is 36.4 Å². The average Bonchev–Trinajstić information content (AvgIpc) is 3.24. The molecule has 0 amide bonds. The second-order valence-corrected chi connectivity index (χ2v) is 7.22. The molecule has 0 aliphatic carbocycles. The first kappa shape index (κ1) is 17.5. The molecule has 1 aliphatic heterocycles. The lowest BCUT2D eigenvalue weighted by Crippen LogP contribution is -2.13. The lowest BCUT2D eigenvalue weighted by molar-refractivity contribution is 0.452. The number of aromatic hydroxyl groups is 1. The number of hydrogen-bond donors (Lipinski definition) is 3. The third kappa shape index (κ3) is 3.25. The van der Waals surface area contributed by atoms with Gasteiger partial charge in [0.05, 0.1) is 16.6 Å². The van der Waals surface area contributed by atoms with E-state index in [0.717, 1.165) is 18.7 Å². The van der Waals surface area contributed by atoms with Crippen LogP contribution in [0.2, 0.25) is 0 Å². The summed E-state index contributed by atoms with van der Waals surface area (Å²) in [6.45, 7) is 1.65. The molecule has 7 heteroatoms. The summed E-state index contributed by atoms with van der Waals surface area (Å²) < 4.78 is 0. The van der Waals surface area contributed by atoms with Crippen LogP contribution in [-0.4, -0.2) is 38.1 Å². The Morgan fingerprint density at radius 1 is 0.931 bits per heavy atom. The highest BCUT2D eigenvalue weighted by Gasteiger charge is 2.32. The van der Waals surface area contributed by atoms with Crippen molar-refractivity contribution in [2.45, 2.75) is 11.8 Å². The van der Waals surface area contributed by atoms with Crippen molar-refractivity contribution in [3.8, 4) is 17.1 Å². The fourth-order valence-electron chi connectivity index (χ4n) is 3.99. The van der Waals surface area contributed by atoms with Crippen LogP contribution in [0.1, 0.15) is 23.2 Å². The Balaban J connectivity index is 1.54. The topological polar surface area (TPSA) is 110 Å². The first-order chi connectivity index (χ1) is 14.2. The number of hydrogen-bond acceptors (Lipinski definition) is 7. The van der Waals surface area contributed by atoms with E-state index in [2.05, 4.69) is 32.4 Å². The van der Waals surface area contributed by atoms with Gasteiger partial charge in [0, 0.05) is 36.7 Å². The summed E-state index contributed by atoms with van der Waals surface area (Å²) in [4.78, 5) is 17.4. The van der Waals surface area contributed by atoms with Gasteiger partial charge in [0.25, 0.3) is 0 Å². The van der Waals surface area contributed by atoms with Crippen molar-refractivity contribution in [1.29, 1.82) is 0 Å². The monoisotopic (exact) mass is 384 g/mol. The highest BCUT2D eigenvalue weighted by atomic mass is 16.3. The molecule has 2 atom stereocenters. The highest BCUT2D eigenvalue weighted by molar-refractivity contribution is 5.87. The molecule has 144 valence electrons. The zero-order chi connectivity index (χ0) is 19.8. The predicted octanol–water partition coefficient (Wildman–Crippen LogP) is 2.85.